The Morgan fingerprint density at radius 2 is 2.32 bits per heavy atom. The number of thiophene rings is 1. The van der Waals surface area contributed by atoms with Crippen molar-refractivity contribution in [1.82, 2.24) is 15.5 Å². The van der Waals surface area contributed by atoms with Gasteiger partial charge in [0.25, 0.3) is 5.91 Å². The predicted molar refractivity (Wildman–Crippen MR) is 76.0 cm³/mol. The van der Waals surface area contributed by atoms with Gasteiger partial charge in [0.2, 0.25) is 0 Å². The van der Waals surface area contributed by atoms with Crippen molar-refractivity contribution in [2.45, 2.75) is 6.54 Å². The van der Waals surface area contributed by atoms with Gasteiger partial charge in [-0.25, -0.2) is 0 Å². The highest BCUT2D eigenvalue weighted by molar-refractivity contribution is 7.20. The lowest BCUT2D eigenvalue weighted by Gasteiger charge is -1.99. The number of H-pyrrole nitrogens is 1. The number of fused-ring (bicyclic) bond motifs is 1. The van der Waals surface area contributed by atoms with Gasteiger partial charge in [0.1, 0.15) is 0 Å². The Bertz CT molecular complexity index is 717. The summed E-state index contributed by atoms with van der Waals surface area (Å²) >= 11 is 1.46. The summed E-state index contributed by atoms with van der Waals surface area (Å²) in [5.74, 6) is -0.0824. The predicted octanol–water partition coefficient (Wildman–Crippen LogP) is 2.14. The van der Waals surface area contributed by atoms with Gasteiger partial charge in [0, 0.05) is 28.7 Å². The SMILES string of the molecule is Nc1ccc2sc(C(=O)NCc3cn[nH]c3)cc2c1. The number of nitrogens with zero attached hydrogens (tertiary/aromatic N) is 1. The fourth-order valence-corrected chi connectivity index (χ4v) is 2.78. The standard InChI is InChI=1S/C13H12N4OS/c14-10-1-2-11-9(3-10)4-12(19-11)13(18)15-5-8-6-16-17-7-8/h1-4,6-7H,5,14H2,(H,15,18)(H,16,17). The monoisotopic (exact) mass is 272 g/mol. The van der Waals surface area contributed by atoms with Crippen LogP contribution in [0.15, 0.2) is 36.7 Å². The number of nitrogens with two attached hydrogens (primary N) is 1. The van der Waals surface area contributed by atoms with E-state index in [4.69, 9.17) is 5.73 Å². The van der Waals surface area contributed by atoms with Crippen molar-refractivity contribution in [2.24, 2.45) is 0 Å². The van der Waals surface area contributed by atoms with Crippen LogP contribution in [0.1, 0.15) is 15.2 Å². The van der Waals surface area contributed by atoms with Crippen molar-refractivity contribution in [3.63, 3.8) is 0 Å². The molecule has 0 saturated carbocycles. The number of hydrogen-bond donors (Lipinski definition) is 3. The Labute approximate surface area is 113 Å². The van der Waals surface area contributed by atoms with Crippen LogP contribution in [-0.2, 0) is 6.54 Å². The van der Waals surface area contributed by atoms with Crippen molar-refractivity contribution in [3.8, 4) is 0 Å². The third kappa shape index (κ3) is 2.43. The van der Waals surface area contributed by atoms with E-state index < -0.39 is 0 Å². The van der Waals surface area contributed by atoms with E-state index in [1.165, 1.54) is 11.3 Å². The van der Waals surface area contributed by atoms with Gasteiger partial charge in [-0.2, -0.15) is 5.10 Å². The maximum Gasteiger partial charge on any atom is 0.261 e. The lowest BCUT2D eigenvalue weighted by molar-refractivity contribution is 0.0955. The van der Waals surface area contributed by atoms with Crippen LogP contribution in [0.3, 0.4) is 0 Å². The normalized spacial score (nSPS) is 10.7. The number of nitrogens with one attached hydrogen (secondary N) is 2. The lowest BCUT2D eigenvalue weighted by atomic mass is 10.2. The highest BCUT2D eigenvalue weighted by atomic mass is 32.1. The Morgan fingerprint density at radius 1 is 1.42 bits per heavy atom. The molecule has 2 aromatic heterocycles. The van der Waals surface area contributed by atoms with E-state index in [1.807, 2.05) is 24.3 Å². The van der Waals surface area contributed by atoms with Gasteiger partial charge in [-0.15, -0.1) is 11.3 Å². The molecule has 0 aliphatic carbocycles. The maximum absolute atomic E-state index is 12.0. The summed E-state index contributed by atoms with van der Waals surface area (Å²) in [4.78, 5) is 12.7. The van der Waals surface area contributed by atoms with E-state index >= 15 is 0 Å². The maximum atomic E-state index is 12.0. The summed E-state index contributed by atoms with van der Waals surface area (Å²) in [6.07, 6.45) is 3.44. The number of benzene rings is 1. The van der Waals surface area contributed by atoms with Gasteiger partial charge >= 0.3 is 0 Å². The summed E-state index contributed by atoms with van der Waals surface area (Å²) in [7, 11) is 0. The molecule has 3 rings (SSSR count). The third-order valence-corrected chi connectivity index (χ3v) is 3.89. The van der Waals surface area contributed by atoms with Crippen LogP contribution in [0.25, 0.3) is 10.1 Å². The molecule has 0 bridgehead atoms. The van der Waals surface area contributed by atoms with Crippen LogP contribution < -0.4 is 11.1 Å². The first-order chi connectivity index (χ1) is 9.22. The first-order valence-corrected chi connectivity index (χ1v) is 6.59. The Hall–Kier alpha value is -2.34. The van der Waals surface area contributed by atoms with E-state index in [0.29, 0.717) is 17.1 Å². The quantitative estimate of drug-likeness (QED) is 0.639. The summed E-state index contributed by atoms with van der Waals surface area (Å²) in [5, 5.41) is 10.4. The van der Waals surface area contributed by atoms with Crippen molar-refractivity contribution >= 4 is 33.0 Å². The number of nitrogen functional groups attached to an aromatic ring is 1. The number of rotatable bonds is 3. The van der Waals surface area contributed by atoms with Crippen LogP contribution in [0.5, 0.6) is 0 Å². The largest absolute Gasteiger partial charge is 0.399 e. The minimum absolute atomic E-state index is 0.0824. The smallest absolute Gasteiger partial charge is 0.261 e. The van der Waals surface area contributed by atoms with Gasteiger partial charge in [0.15, 0.2) is 0 Å². The van der Waals surface area contributed by atoms with Crippen LogP contribution in [0.4, 0.5) is 5.69 Å². The fourth-order valence-electron chi connectivity index (χ4n) is 1.82. The molecule has 2 heterocycles. The van der Waals surface area contributed by atoms with Crippen LogP contribution in [0, 0.1) is 0 Å². The average Bonchev–Trinajstić information content (AvgIpc) is 3.04. The van der Waals surface area contributed by atoms with E-state index in [1.54, 1.807) is 12.4 Å². The fraction of sp³-hybridized carbons (Fsp3) is 0.0769. The first kappa shape index (κ1) is 11.7. The minimum Gasteiger partial charge on any atom is -0.399 e. The molecular formula is C13H12N4OS. The highest BCUT2D eigenvalue weighted by Crippen LogP contribution is 2.27. The van der Waals surface area contributed by atoms with E-state index in [-0.39, 0.29) is 5.91 Å². The molecule has 0 radical (unpaired) electrons. The van der Waals surface area contributed by atoms with E-state index in [0.717, 1.165) is 15.6 Å². The molecule has 96 valence electrons. The second kappa shape index (κ2) is 4.74. The molecule has 4 N–H and O–H groups in total. The molecule has 19 heavy (non-hydrogen) atoms. The average molecular weight is 272 g/mol. The molecule has 3 aromatic rings. The number of amides is 1. The minimum atomic E-state index is -0.0824. The molecule has 1 amide bonds. The lowest BCUT2D eigenvalue weighted by Crippen LogP contribution is -2.21. The number of aromatic amines is 1. The zero-order valence-electron chi connectivity index (χ0n) is 10.0. The van der Waals surface area contributed by atoms with Gasteiger partial charge in [-0.05, 0) is 29.7 Å². The number of anilines is 1. The second-order valence-electron chi connectivity index (χ2n) is 4.20. The molecule has 5 nitrogen and oxygen atoms in total. The molecule has 0 unspecified atom stereocenters. The van der Waals surface area contributed by atoms with Crippen molar-refractivity contribution in [1.29, 1.82) is 0 Å². The Kier molecular flexibility index (Phi) is 2.92. The van der Waals surface area contributed by atoms with Gasteiger partial charge in [0.05, 0.1) is 11.1 Å². The van der Waals surface area contributed by atoms with Gasteiger partial charge in [-0.3, -0.25) is 9.89 Å². The molecular weight excluding hydrogens is 260 g/mol. The Morgan fingerprint density at radius 3 is 3.11 bits per heavy atom. The number of aromatic nitrogens is 2. The van der Waals surface area contributed by atoms with Crippen molar-refractivity contribution in [3.05, 3.63) is 47.1 Å². The van der Waals surface area contributed by atoms with E-state index in [9.17, 15) is 4.79 Å². The number of hydrogen-bond acceptors (Lipinski definition) is 4. The highest BCUT2D eigenvalue weighted by Gasteiger charge is 2.10. The summed E-state index contributed by atoms with van der Waals surface area (Å²) in [6, 6.07) is 7.51. The molecule has 0 aliphatic rings. The zero-order valence-corrected chi connectivity index (χ0v) is 10.8. The van der Waals surface area contributed by atoms with E-state index in [2.05, 4.69) is 15.5 Å². The second-order valence-corrected chi connectivity index (χ2v) is 5.28. The zero-order chi connectivity index (χ0) is 13.2. The van der Waals surface area contributed by atoms with Crippen molar-refractivity contribution in [2.75, 3.05) is 5.73 Å². The molecule has 0 saturated heterocycles. The third-order valence-electron chi connectivity index (χ3n) is 2.77. The molecule has 0 spiro atoms. The molecule has 0 atom stereocenters. The van der Waals surface area contributed by atoms with Crippen molar-refractivity contribution < 1.29 is 4.79 Å². The number of carbonyl (C=O) groups is 1. The molecule has 6 heteroatoms. The number of carbonyl (C=O) groups excluding carboxylic acids is 1. The van der Waals surface area contributed by atoms with Crippen LogP contribution in [-0.4, -0.2) is 16.1 Å². The Balaban J connectivity index is 1.77. The summed E-state index contributed by atoms with van der Waals surface area (Å²) in [5.41, 5.74) is 7.37. The summed E-state index contributed by atoms with van der Waals surface area (Å²) in [6.45, 7) is 0.464. The first-order valence-electron chi connectivity index (χ1n) is 5.77. The van der Waals surface area contributed by atoms with Crippen LogP contribution >= 0.6 is 11.3 Å². The molecule has 0 aliphatic heterocycles. The topological polar surface area (TPSA) is 83.8 Å². The summed E-state index contributed by atoms with van der Waals surface area (Å²) < 4.78 is 1.06. The molecule has 1 aromatic carbocycles. The van der Waals surface area contributed by atoms with Gasteiger partial charge < -0.3 is 11.1 Å². The van der Waals surface area contributed by atoms with Gasteiger partial charge in [-0.1, -0.05) is 0 Å². The van der Waals surface area contributed by atoms with Crippen LogP contribution in [0.2, 0.25) is 0 Å². The molecule has 0 fully saturated rings.